The van der Waals surface area contributed by atoms with Crippen LogP contribution in [0.15, 0.2) is 146 Å². The van der Waals surface area contributed by atoms with Crippen molar-refractivity contribution in [2.24, 2.45) is 0 Å². The molecule has 0 aliphatic heterocycles. The number of carbonyl (C=O) groups excluding carboxylic acids is 2. The van der Waals surface area contributed by atoms with Gasteiger partial charge in [-0.1, -0.05) is 282 Å². The van der Waals surface area contributed by atoms with Gasteiger partial charge in [0.2, 0.25) is 0 Å². The molecule has 0 aliphatic carbocycles. The molecule has 0 aromatic carbocycles. The summed E-state index contributed by atoms with van der Waals surface area (Å²) < 4.78 is 34.7. The Hall–Kier alpha value is -4.11. The molecule has 2 unspecified atom stereocenters. The summed E-state index contributed by atoms with van der Waals surface area (Å²) in [4.78, 5) is 35.8. The van der Waals surface area contributed by atoms with Crippen molar-refractivity contribution in [1.82, 2.24) is 0 Å². The number of unbranched alkanes of at least 4 members (excludes halogenated alkanes) is 24. The lowest BCUT2D eigenvalue weighted by Crippen LogP contribution is -2.37. The van der Waals surface area contributed by atoms with Gasteiger partial charge in [0, 0.05) is 12.8 Å². The molecular weight excluding hydrogens is 1090 g/mol. The SMILES string of the molecule is CC/C=C\C/C=C\C/C=C\C/C=C\C/C=C\C/C=C\C/C=C\C/C=C\C/C=C\C/C=C\C/C=C\CCCCCCCC(=O)OC(COC(=O)CCCCCCCCCCCCC/C=C\CCCCCCCCCC)COP(=O)(O)OCC[N+](C)(C)C. The van der Waals surface area contributed by atoms with Crippen LogP contribution >= 0.6 is 7.82 Å². The Morgan fingerprint density at radius 2 is 0.663 bits per heavy atom. The second-order valence-electron chi connectivity index (χ2n) is 23.8. The van der Waals surface area contributed by atoms with Gasteiger partial charge in [-0.15, -0.1) is 0 Å². The van der Waals surface area contributed by atoms with Crippen LogP contribution in [0.4, 0.5) is 0 Å². The largest absolute Gasteiger partial charge is 0.472 e. The lowest BCUT2D eigenvalue weighted by molar-refractivity contribution is -0.870. The highest BCUT2D eigenvalue weighted by molar-refractivity contribution is 7.47. The van der Waals surface area contributed by atoms with Crippen LogP contribution in [-0.4, -0.2) is 74.9 Å². The number of rotatable bonds is 62. The molecule has 0 saturated carbocycles. The zero-order valence-corrected chi connectivity index (χ0v) is 56.6. The van der Waals surface area contributed by atoms with Crippen molar-refractivity contribution in [2.45, 2.75) is 277 Å². The average Bonchev–Trinajstić information content (AvgIpc) is 3.56. The van der Waals surface area contributed by atoms with E-state index in [4.69, 9.17) is 18.5 Å². The lowest BCUT2D eigenvalue weighted by Gasteiger charge is -2.24. The molecule has 0 aliphatic rings. The summed E-state index contributed by atoms with van der Waals surface area (Å²) in [6.07, 6.45) is 96.6. The van der Waals surface area contributed by atoms with E-state index >= 15 is 0 Å². The van der Waals surface area contributed by atoms with Crippen LogP contribution < -0.4 is 0 Å². The van der Waals surface area contributed by atoms with E-state index in [1.165, 1.54) is 116 Å². The third-order valence-corrected chi connectivity index (χ3v) is 15.3. The highest BCUT2D eigenvalue weighted by atomic mass is 31.2. The Morgan fingerprint density at radius 1 is 0.372 bits per heavy atom. The van der Waals surface area contributed by atoms with Gasteiger partial charge in [0.1, 0.15) is 19.8 Å². The number of phosphoric acid groups is 1. The minimum Gasteiger partial charge on any atom is -0.462 e. The van der Waals surface area contributed by atoms with E-state index in [0.29, 0.717) is 17.4 Å². The molecule has 10 heteroatoms. The second-order valence-corrected chi connectivity index (χ2v) is 25.3. The summed E-state index contributed by atoms with van der Waals surface area (Å²) in [6, 6.07) is 0. The van der Waals surface area contributed by atoms with E-state index in [1.54, 1.807) is 0 Å². The summed E-state index contributed by atoms with van der Waals surface area (Å²) in [5, 5.41) is 0. The first-order valence-corrected chi connectivity index (χ1v) is 36.1. The van der Waals surface area contributed by atoms with Gasteiger partial charge >= 0.3 is 19.8 Å². The summed E-state index contributed by atoms with van der Waals surface area (Å²) >= 11 is 0. The van der Waals surface area contributed by atoms with Crippen LogP contribution in [0.1, 0.15) is 271 Å². The van der Waals surface area contributed by atoms with Crippen molar-refractivity contribution in [2.75, 3.05) is 47.5 Å². The molecule has 0 bridgehead atoms. The monoisotopic (exact) mass is 1210 g/mol. The molecule has 0 radical (unpaired) electrons. The van der Waals surface area contributed by atoms with Gasteiger partial charge in [0.15, 0.2) is 6.10 Å². The van der Waals surface area contributed by atoms with Gasteiger partial charge < -0.3 is 18.9 Å². The van der Waals surface area contributed by atoms with Gasteiger partial charge in [-0.2, -0.15) is 0 Å². The highest BCUT2D eigenvalue weighted by Gasteiger charge is 2.27. The van der Waals surface area contributed by atoms with Gasteiger partial charge in [-0.25, -0.2) is 4.57 Å². The Balaban J connectivity index is 4.17. The summed E-state index contributed by atoms with van der Waals surface area (Å²) in [6.45, 7) is 4.30. The molecule has 0 rings (SSSR count). The number of nitrogens with zero attached hydrogens (tertiary/aromatic N) is 1. The molecule has 9 nitrogen and oxygen atoms in total. The zero-order valence-electron chi connectivity index (χ0n) is 55.7. The minimum atomic E-state index is -4.41. The van der Waals surface area contributed by atoms with Crippen LogP contribution in [-0.2, 0) is 32.7 Å². The molecule has 490 valence electrons. The topological polar surface area (TPSA) is 108 Å². The first kappa shape index (κ1) is 81.9. The van der Waals surface area contributed by atoms with Crippen LogP contribution in [0.5, 0.6) is 0 Å². The third-order valence-electron chi connectivity index (χ3n) is 14.4. The first-order valence-electron chi connectivity index (χ1n) is 34.6. The number of esters is 2. The van der Waals surface area contributed by atoms with E-state index in [1.807, 2.05) is 21.1 Å². The van der Waals surface area contributed by atoms with Crippen LogP contribution in [0.3, 0.4) is 0 Å². The molecule has 0 heterocycles. The maximum Gasteiger partial charge on any atom is 0.472 e. The summed E-state index contributed by atoms with van der Waals surface area (Å²) in [5.41, 5.74) is 0. The number of likely N-dealkylation sites (N-methyl/N-ethyl adjacent to an activating group) is 1. The van der Waals surface area contributed by atoms with Crippen molar-refractivity contribution < 1.29 is 42.1 Å². The van der Waals surface area contributed by atoms with E-state index < -0.39 is 26.5 Å². The zero-order chi connectivity index (χ0) is 62.6. The van der Waals surface area contributed by atoms with Gasteiger partial charge in [0.25, 0.3) is 0 Å². The van der Waals surface area contributed by atoms with Crippen molar-refractivity contribution >= 4 is 19.8 Å². The number of phosphoric ester groups is 1. The molecule has 0 fully saturated rings. The molecular formula is C76H129NO8P+. The van der Waals surface area contributed by atoms with Crippen molar-refractivity contribution in [3.63, 3.8) is 0 Å². The van der Waals surface area contributed by atoms with Crippen LogP contribution in [0, 0.1) is 0 Å². The van der Waals surface area contributed by atoms with E-state index in [-0.39, 0.29) is 32.0 Å². The molecule has 0 aromatic heterocycles. The standard InChI is InChI=1S/C76H128NO8P/c1-6-8-10-12-14-16-18-20-22-24-26-28-30-31-32-33-34-35-36-37-38-39-40-41-42-43-44-45-47-49-51-53-55-57-59-61-63-65-67-69-76(79)85-74(73-84-86(80,81)83-71-70-77(3,4)5)72-82-75(78)68-66-64-62-60-58-56-54-52-50-48-46-29-27-25-23-21-19-17-15-13-11-9-7-2/h8,10,14,16,20,22,25-28,31-32,34-35,37-38,40-41,43-44,47,49,53,55,74H,6-7,9,11-13,15,17-19,21,23-24,29-30,33,36,39,42,45-46,48,50-52,54,56-73H2,1-5H3/p+1/b10-8-,16-14-,22-20-,27-25-,28-26-,32-31-,35-34-,38-37-,41-40-,44-43-,49-47-,55-53-. The number of allylic oxidation sites excluding steroid dienone is 24. The second kappa shape index (κ2) is 65.3. The van der Waals surface area contributed by atoms with Crippen LogP contribution in [0.2, 0.25) is 0 Å². The Morgan fingerprint density at radius 3 is 1.00 bits per heavy atom. The fraction of sp³-hybridized carbons (Fsp3) is 0.658. The van der Waals surface area contributed by atoms with Crippen LogP contribution in [0.25, 0.3) is 0 Å². The number of hydrogen-bond donors (Lipinski definition) is 1. The Labute approximate surface area is 529 Å². The van der Waals surface area contributed by atoms with E-state index in [2.05, 4.69) is 160 Å². The Bertz CT molecular complexity index is 1960. The third kappa shape index (κ3) is 69.0. The summed E-state index contributed by atoms with van der Waals surface area (Å²) in [7, 11) is 1.45. The normalized spacial score (nSPS) is 14.1. The molecule has 0 aromatic rings. The van der Waals surface area contributed by atoms with Crippen molar-refractivity contribution in [3.05, 3.63) is 146 Å². The highest BCUT2D eigenvalue weighted by Crippen LogP contribution is 2.43. The molecule has 0 amide bonds. The number of carbonyl (C=O) groups is 2. The number of hydrogen-bond acceptors (Lipinski definition) is 7. The van der Waals surface area contributed by atoms with Gasteiger partial charge in [-0.05, 0) is 122 Å². The van der Waals surface area contributed by atoms with E-state index in [9.17, 15) is 19.0 Å². The molecule has 0 saturated heterocycles. The smallest absolute Gasteiger partial charge is 0.462 e. The van der Waals surface area contributed by atoms with Gasteiger partial charge in [-0.3, -0.25) is 18.6 Å². The minimum absolute atomic E-state index is 0.0207. The Kier molecular flexibility index (Phi) is 62.2. The van der Waals surface area contributed by atoms with Crippen molar-refractivity contribution in [1.29, 1.82) is 0 Å². The lowest BCUT2D eigenvalue weighted by atomic mass is 10.0. The maximum absolute atomic E-state index is 12.9. The molecule has 1 N–H and O–H groups in total. The quantitative estimate of drug-likeness (QED) is 0.0211. The average molecular weight is 1220 g/mol. The fourth-order valence-corrected chi connectivity index (χ4v) is 9.82. The molecule has 2 atom stereocenters. The molecule has 0 spiro atoms. The summed E-state index contributed by atoms with van der Waals surface area (Å²) in [5.74, 6) is -0.824. The molecule has 86 heavy (non-hydrogen) atoms. The first-order chi connectivity index (χ1) is 42.0. The fourth-order valence-electron chi connectivity index (χ4n) is 9.07. The van der Waals surface area contributed by atoms with E-state index in [0.717, 1.165) is 122 Å². The predicted octanol–water partition coefficient (Wildman–Crippen LogP) is 22.6. The number of quaternary nitrogens is 1. The predicted molar refractivity (Wildman–Crippen MR) is 371 cm³/mol. The number of ether oxygens (including phenoxy) is 2. The van der Waals surface area contributed by atoms with Gasteiger partial charge in [0.05, 0.1) is 27.7 Å². The van der Waals surface area contributed by atoms with Crippen molar-refractivity contribution in [3.8, 4) is 0 Å². The maximum atomic E-state index is 12.9.